The number of benzene rings is 2. The summed E-state index contributed by atoms with van der Waals surface area (Å²) < 4.78 is 5.77. The van der Waals surface area contributed by atoms with Crippen molar-refractivity contribution in [2.45, 2.75) is 25.1 Å². The Balaban J connectivity index is 1.74. The van der Waals surface area contributed by atoms with E-state index in [2.05, 4.69) is 0 Å². The quantitative estimate of drug-likeness (QED) is 0.327. The summed E-state index contributed by atoms with van der Waals surface area (Å²) in [5, 5.41) is 10.7. The Morgan fingerprint density at radius 2 is 1.85 bits per heavy atom. The fourth-order valence-corrected chi connectivity index (χ4v) is 3.15. The van der Waals surface area contributed by atoms with Crippen molar-refractivity contribution in [2.75, 3.05) is 6.73 Å². The van der Waals surface area contributed by atoms with Gasteiger partial charge in [-0.25, -0.2) is 0 Å². The molecule has 0 saturated carbocycles. The third-order valence-electron chi connectivity index (χ3n) is 4.42. The Morgan fingerprint density at radius 1 is 1.15 bits per heavy atom. The number of hydrogen-bond donors (Lipinski definition) is 0. The third-order valence-corrected chi connectivity index (χ3v) is 4.42. The van der Waals surface area contributed by atoms with Crippen molar-refractivity contribution in [3.05, 3.63) is 75.8 Å². The SMILES string of the molecule is O=CC(=O)C1C(Cc2ccc([N+](=O)[O-])cc2)OCN1Cc1ccccc1. The number of rotatable bonds is 7. The number of carbonyl (C=O) groups is 2. The van der Waals surface area contributed by atoms with E-state index < -0.39 is 22.9 Å². The van der Waals surface area contributed by atoms with Gasteiger partial charge in [0, 0.05) is 25.1 Å². The Labute approximate surface area is 150 Å². The number of hydrogen-bond acceptors (Lipinski definition) is 6. The van der Waals surface area contributed by atoms with Crippen LogP contribution in [0.25, 0.3) is 0 Å². The van der Waals surface area contributed by atoms with Gasteiger partial charge in [0.05, 0.1) is 11.0 Å². The van der Waals surface area contributed by atoms with E-state index in [9.17, 15) is 19.7 Å². The highest BCUT2D eigenvalue weighted by Gasteiger charge is 2.39. The molecule has 2 aromatic rings. The molecule has 7 heteroatoms. The summed E-state index contributed by atoms with van der Waals surface area (Å²) in [6.07, 6.45) is 0.256. The summed E-state index contributed by atoms with van der Waals surface area (Å²) in [5.41, 5.74) is 1.84. The molecule has 1 fully saturated rings. The number of aldehydes is 1. The predicted molar refractivity (Wildman–Crippen MR) is 93.4 cm³/mol. The van der Waals surface area contributed by atoms with Crippen molar-refractivity contribution in [1.29, 1.82) is 0 Å². The third kappa shape index (κ3) is 4.01. The first-order valence-electron chi connectivity index (χ1n) is 8.20. The zero-order valence-electron chi connectivity index (χ0n) is 14.0. The highest BCUT2D eigenvalue weighted by atomic mass is 16.6. The first-order valence-corrected chi connectivity index (χ1v) is 8.20. The van der Waals surface area contributed by atoms with Crippen molar-refractivity contribution >= 4 is 17.8 Å². The predicted octanol–water partition coefficient (Wildman–Crippen LogP) is 2.13. The van der Waals surface area contributed by atoms with Crippen molar-refractivity contribution in [3.8, 4) is 0 Å². The lowest BCUT2D eigenvalue weighted by Crippen LogP contribution is -2.43. The molecular formula is C19H18N2O5. The van der Waals surface area contributed by atoms with E-state index in [1.165, 1.54) is 12.1 Å². The molecule has 7 nitrogen and oxygen atoms in total. The second-order valence-electron chi connectivity index (χ2n) is 6.16. The number of non-ortho nitro benzene ring substituents is 1. The molecule has 2 aromatic carbocycles. The van der Waals surface area contributed by atoms with Crippen LogP contribution in [0.4, 0.5) is 5.69 Å². The molecule has 0 spiro atoms. The van der Waals surface area contributed by atoms with Crippen LogP contribution in [-0.2, 0) is 27.3 Å². The lowest BCUT2D eigenvalue weighted by Gasteiger charge is -2.23. The zero-order valence-corrected chi connectivity index (χ0v) is 14.0. The fraction of sp³-hybridized carbons (Fsp3) is 0.263. The highest BCUT2D eigenvalue weighted by Crippen LogP contribution is 2.24. The van der Waals surface area contributed by atoms with Gasteiger partial charge in [0.15, 0.2) is 6.29 Å². The minimum atomic E-state index is -0.664. The summed E-state index contributed by atoms with van der Waals surface area (Å²) in [4.78, 5) is 35.4. The van der Waals surface area contributed by atoms with E-state index in [1.54, 1.807) is 12.1 Å². The number of Topliss-reactive ketones (excluding diaryl/α,β-unsaturated/α-hetero) is 1. The van der Waals surface area contributed by atoms with Gasteiger partial charge in [0.25, 0.3) is 5.69 Å². The number of nitrogens with zero attached hydrogens (tertiary/aromatic N) is 2. The lowest BCUT2D eigenvalue weighted by atomic mass is 9.98. The summed E-state index contributed by atoms with van der Waals surface area (Å²) in [7, 11) is 0. The molecular weight excluding hydrogens is 336 g/mol. The van der Waals surface area contributed by atoms with Gasteiger partial charge in [0.2, 0.25) is 5.78 Å². The molecule has 2 atom stereocenters. The molecule has 0 radical (unpaired) electrons. The van der Waals surface area contributed by atoms with Gasteiger partial charge < -0.3 is 4.74 Å². The second kappa shape index (κ2) is 7.99. The first-order chi connectivity index (χ1) is 12.6. The normalized spacial score (nSPS) is 20.0. The van der Waals surface area contributed by atoms with Crippen molar-refractivity contribution in [2.24, 2.45) is 0 Å². The van der Waals surface area contributed by atoms with Crippen LogP contribution in [0.3, 0.4) is 0 Å². The monoisotopic (exact) mass is 354 g/mol. The van der Waals surface area contributed by atoms with Gasteiger partial charge in [-0.3, -0.25) is 24.6 Å². The van der Waals surface area contributed by atoms with Crippen LogP contribution in [-0.4, -0.2) is 40.8 Å². The smallest absolute Gasteiger partial charge is 0.269 e. The zero-order chi connectivity index (χ0) is 18.5. The van der Waals surface area contributed by atoms with Gasteiger partial charge in [-0.05, 0) is 11.1 Å². The average Bonchev–Trinajstić information content (AvgIpc) is 3.04. The van der Waals surface area contributed by atoms with Gasteiger partial charge in [-0.15, -0.1) is 0 Å². The topological polar surface area (TPSA) is 89.8 Å². The highest BCUT2D eigenvalue weighted by molar-refractivity contribution is 6.27. The molecule has 1 heterocycles. The van der Waals surface area contributed by atoms with Crippen LogP contribution in [0.1, 0.15) is 11.1 Å². The Morgan fingerprint density at radius 3 is 2.46 bits per heavy atom. The molecule has 134 valence electrons. The van der Waals surface area contributed by atoms with E-state index in [0.29, 0.717) is 19.3 Å². The van der Waals surface area contributed by atoms with Crippen LogP contribution < -0.4 is 0 Å². The number of ketones is 1. The molecule has 2 unspecified atom stereocenters. The molecule has 1 aliphatic heterocycles. The van der Waals surface area contributed by atoms with Gasteiger partial charge in [-0.1, -0.05) is 42.5 Å². The van der Waals surface area contributed by atoms with Crippen molar-refractivity contribution in [1.82, 2.24) is 4.90 Å². The maximum absolute atomic E-state index is 12.2. The molecule has 0 aliphatic carbocycles. The summed E-state index contributed by atoms with van der Waals surface area (Å²) in [6, 6.07) is 15.1. The maximum atomic E-state index is 12.2. The first kappa shape index (κ1) is 17.9. The number of nitro benzene ring substituents is 1. The molecule has 3 rings (SSSR count). The Kier molecular flexibility index (Phi) is 5.50. The van der Waals surface area contributed by atoms with Gasteiger partial charge >= 0.3 is 0 Å². The Bertz CT molecular complexity index is 791. The van der Waals surface area contributed by atoms with E-state index >= 15 is 0 Å². The fourth-order valence-electron chi connectivity index (χ4n) is 3.15. The standard InChI is InChI=1S/C19H18N2O5/c22-12-17(23)19-18(10-14-6-8-16(9-7-14)21(24)25)26-13-20(19)11-15-4-2-1-3-5-15/h1-9,12,18-19H,10-11,13H2. The van der Waals surface area contributed by atoms with Crippen LogP contribution in [0, 0.1) is 10.1 Å². The molecule has 0 bridgehead atoms. The molecule has 0 amide bonds. The number of ether oxygens (including phenoxy) is 1. The van der Waals surface area contributed by atoms with Crippen LogP contribution in [0.5, 0.6) is 0 Å². The summed E-state index contributed by atoms with van der Waals surface area (Å²) >= 11 is 0. The van der Waals surface area contributed by atoms with Gasteiger partial charge in [0.1, 0.15) is 12.8 Å². The number of nitro groups is 1. The summed E-state index contributed by atoms with van der Waals surface area (Å²) in [5.74, 6) is -0.523. The number of carbonyl (C=O) groups excluding carboxylic acids is 2. The molecule has 1 aliphatic rings. The van der Waals surface area contributed by atoms with E-state index in [1.807, 2.05) is 35.2 Å². The summed E-state index contributed by atoms with van der Waals surface area (Å²) in [6.45, 7) is 0.749. The molecule has 1 saturated heterocycles. The average molecular weight is 354 g/mol. The molecule has 0 aromatic heterocycles. The van der Waals surface area contributed by atoms with Gasteiger partial charge in [-0.2, -0.15) is 0 Å². The van der Waals surface area contributed by atoms with E-state index in [0.717, 1.165) is 11.1 Å². The lowest BCUT2D eigenvalue weighted by molar-refractivity contribution is -0.384. The maximum Gasteiger partial charge on any atom is 0.269 e. The van der Waals surface area contributed by atoms with Crippen LogP contribution >= 0.6 is 0 Å². The minimum Gasteiger partial charge on any atom is -0.360 e. The van der Waals surface area contributed by atoms with E-state index in [4.69, 9.17) is 4.74 Å². The van der Waals surface area contributed by atoms with Crippen molar-refractivity contribution in [3.63, 3.8) is 0 Å². The molecule has 0 N–H and O–H groups in total. The minimum absolute atomic E-state index is 0.00677. The second-order valence-corrected chi connectivity index (χ2v) is 6.16. The van der Waals surface area contributed by atoms with Crippen LogP contribution in [0.2, 0.25) is 0 Å². The van der Waals surface area contributed by atoms with Crippen LogP contribution in [0.15, 0.2) is 54.6 Å². The Hall–Kier alpha value is -2.90. The van der Waals surface area contributed by atoms with E-state index in [-0.39, 0.29) is 12.4 Å². The largest absolute Gasteiger partial charge is 0.360 e. The molecule has 26 heavy (non-hydrogen) atoms. The van der Waals surface area contributed by atoms with Crippen molar-refractivity contribution < 1.29 is 19.2 Å².